The first-order chi connectivity index (χ1) is 5.61. The van der Waals surface area contributed by atoms with Crippen molar-refractivity contribution in [2.45, 2.75) is 30.7 Å². The molecule has 2 fully saturated rings. The van der Waals surface area contributed by atoms with Crippen LogP contribution in [0.15, 0.2) is 0 Å². The van der Waals surface area contributed by atoms with Crippen LogP contribution in [0.1, 0.15) is 0 Å². The highest BCUT2D eigenvalue weighted by atomic mass is 16.7. The standard InChI is InChI=1S/C6H8O6/c7-1-3-4(12-5(1)9)2(8)6(10)11-3/h1-5,7-9H/t1-,2-,3+,4+,5+/m1/s1. The van der Waals surface area contributed by atoms with E-state index in [-0.39, 0.29) is 0 Å². The van der Waals surface area contributed by atoms with Crippen molar-refractivity contribution in [3.05, 3.63) is 0 Å². The Balaban J connectivity index is 2.19. The number of rotatable bonds is 0. The highest BCUT2D eigenvalue weighted by Gasteiger charge is 2.56. The molecule has 0 bridgehead atoms. The zero-order valence-electron chi connectivity index (χ0n) is 5.95. The Labute approximate surface area is 67.3 Å². The molecule has 0 aromatic heterocycles. The maximum absolute atomic E-state index is 10.7. The summed E-state index contributed by atoms with van der Waals surface area (Å²) in [5.41, 5.74) is 0. The van der Waals surface area contributed by atoms with Crippen molar-refractivity contribution >= 4 is 5.97 Å². The second kappa shape index (κ2) is 2.40. The molecule has 2 saturated heterocycles. The molecule has 3 N–H and O–H groups in total. The summed E-state index contributed by atoms with van der Waals surface area (Å²) < 4.78 is 9.25. The topological polar surface area (TPSA) is 96.2 Å². The van der Waals surface area contributed by atoms with E-state index >= 15 is 0 Å². The van der Waals surface area contributed by atoms with Crippen LogP contribution >= 0.6 is 0 Å². The smallest absolute Gasteiger partial charge is 0.338 e. The molecule has 0 radical (unpaired) electrons. The molecule has 12 heavy (non-hydrogen) atoms. The molecule has 0 aromatic rings. The summed E-state index contributed by atoms with van der Waals surface area (Å²) in [4.78, 5) is 10.7. The summed E-state index contributed by atoms with van der Waals surface area (Å²) >= 11 is 0. The number of esters is 1. The van der Waals surface area contributed by atoms with E-state index in [0.29, 0.717) is 0 Å². The number of carbonyl (C=O) groups is 1. The SMILES string of the molecule is O=C1O[C@H]2[C@@H](O)[C@@H](O)O[C@H]2[C@H]1O. The third-order valence-electron chi connectivity index (χ3n) is 2.05. The molecule has 0 aliphatic carbocycles. The Bertz CT molecular complexity index is 216. The molecule has 6 nitrogen and oxygen atoms in total. The van der Waals surface area contributed by atoms with Gasteiger partial charge in [-0.15, -0.1) is 0 Å². The Morgan fingerprint density at radius 2 is 1.83 bits per heavy atom. The normalized spacial score (nSPS) is 52.2. The zero-order chi connectivity index (χ0) is 8.88. The number of carbonyl (C=O) groups excluding carboxylic acids is 1. The van der Waals surface area contributed by atoms with Gasteiger partial charge in [-0.25, -0.2) is 4.79 Å². The first kappa shape index (κ1) is 7.93. The third kappa shape index (κ3) is 0.862. The molecule has 2 heterocycles. The molecular formula is C6H8O6. The minimum absolute atomic E-state index is 0.823. The number of hydrogen-bond donors (Lipinski definition) is 3. The van der Waals surface area contributed by atoms with E-state index in [0.717, 1.165) is 0 Å². The third-order valence-corrected chi connectivity index (χ3v) is 2.05. The van der Waals surface area contributed by atoms with Crippen molar-refractivity contribution in [2.75, 3.05) is 0 Å². The summed E-state index contributed by atoms with van der Waals surface area (Å²) in [6, 6.07) is 0. The van der Waals surface area contributed by atoms with E-state index in [1.54, 1.807) is 0 Å². The molecule has 2 rings (SSSR count). The molecule has 68 valence electrons. The second-order valence-corrected chi connectivity index (χ2v) is 2.83. The Morgan fingerprint density at radius 1 is 1.17 bits per heavy atom. The van der Waals surface area contributed by atoms with Crippen molar-refractivity contribution in [3.63, 3.8) is 0 Å². The van der Waals surface area contributed by atoms with Crippen LogP contribution < -0.4 is 0 Å². The van der Waals surface area contributed by atoms with E-state index in [2.05, 4.69) is 9.47 Å². The maximum atomic E-state index is 10.7. The Hall–Kier alpha value is -0.690. The molecule has 0 aromatic carbocycles. The van der Waals surface area contributed by atoms with Gasteiger partial charge in [0.2, 0.25) is 0 Å². The lowest BCUT2D eigenvalue weighted by Gasteiger charge is -2.10. The van der Waals surface area contributed by atoms with Gasteiger partial charge >= 0.3 is 5.97 Å². The minimum atomic E-state index is -1.40. The summed E-state index contributed by atoms with van der Waals surface area (Å²) in [5.74, 6) is -0.823. The fourth-order valence-corrected chi connectivity index (χ4v) is 1.40. The van der Waals surface area contributed by atoms with Crippen molar-refractivity contribution < 1.29 is 29.6 Å². The molecular weight excluding hydrogens is 168 g/mol. The molecule has 0 amide bonds. The van der Waals surface area contributed by atoms with Gasteiger partial charge in [0.15, 0.2) is 18.5 Å². The fourth-order valence-electron chi connectivity index (χ4n) is 1.40. The molecule has 0 spiro atoms. The number of hydrogen-bond acceptors (Lipinski definition) is 6. The van der Waals surface area contributed by atoms with Gasteiger partial charge in [0, 0.05) is 0 Å². The Kier molecular flexibility index (Phi) is 1.58. The van der Waals surface area contributed by atoms with Gasteiger partial charge in [-0.1, -0.05) is 0 Å². The number of aliphatic hydroxyl groups excluding tert-OH is 3. The molecule has 2 aliphatic heterocycles. The summed E-state index contributed by atoms with van der Waals surface area (Å²) in [7, 11) is 0. The van der Waals surface area contributed by atoms with Crippen LogP contribution in [-0.2, 0) is 14.3 Å². The predicted octanol–water partition coefficient (Wildman–Crippen LogP) is -2.65. The van der Waals surface area contributed by atoms with Gasteiger partial charge in [-0.05, 0) is 0 Å². The fraction of sp³-hybridized carbons (Fsp3) is 0.833. The maximum Gasteiger partial charge on any atom is 0.338 e. The van der Waals surface area contributed by atoms with Crippen molar-refractivity contribution in [1.82, 2.24) is 0 Å². The Morgan fingerprint density at radius 3 is 2.42 bits per heavy atom. The van der Waals surface area contributed by atoms with Crippen LogP contribution in [0.2, 0.25) is 0 Å². The monoisotopic (exact) mass is 176 g/mol. The average Bonchev–Trinajstić information content (AvgIpc) is 2.43. The van der Waals surface area contributed by atoms with E-state index in [1.807, 2.05) is 0 Å². The van der Waals surface area contributed by atoms with Gasteiger partial charge in [-0.3, -0.25) is 0 Å². The highest BCUT2D eigenvalue weighted by Crippen LogP contribution is 2.30. The van der Waals surface area contributed by atoms with Crippen LogP contribution in [0.3, 0.4) is 0 Å². The summed E-state index contributed by atoms with van der Waals surface area (Å²) in [6.07, 6.45) is -5.94. The number of aliphatic hydroxyl groups is 3. The quantitative estimate of drug-likeness (QED) is 0.349. The van der Waals surface area contributed by atoms with Crippen LogP contribution in [-0.4, -0.2) is 52.0 Å². The molecule has 0 unspecified atom stereocenters. The number of fused-ring (bicyclic) bond motifs is 1. The van der Waals surface area contributed by atoms with Crippen LogP contribution in [0, 0.1) is 0 Å². The van der Waals surface area contributed by atoms with E-state index in [9.17, 15) is 4.79 Å². The number of ether oxygens (including phenoxy) is 2. The van der Waals surface area contributed by atoms with E-state index in [4.69, 9.17) is 15.3 Å². The largest absolute Gasteiger partial charge is 0.454 e. The molecule has 6 heteroatoms. The highest BCUT2D eigenvalue weighted by molar-refractivity contribution is 5.78. The molecule has 5 atom stereocenters. The van der Waals surface area contributed by atoms with Gasteiger partial charge in [0.25, 0.3) is 0 Å². The van der Waals surface area contributed by atoms with Gasteiger partial charge in [-0.2, -0.15) is 0 Å². The minimum Gasteiger partial charge on any atom is -0.454 e. The lowest BCUT2D eigenvalue weighted by atomic mass is 10.1. The first-order valence-electron chi connectivity index (χ1n) is 3.51. The van der Waals surface area contributed by atoms with Crippen molar-refractivity contribution in [2.24, 2.45) is 0 Å². The van der Waals surface area contributed by atoms with Gasteiger partial charge in [0.05, 0.1) is 0 Å². The molecule has 2 aliphatic rings. The van der Waals surface area contributed by atoms with Gasteiger partial charge < -0.3 is 24.8 Å². The predicted molar refractivity (Wildman–Crippen MR) is 32.8 cm³/mol. The lowest BCUT2D eigenvalue weighted by Crippen LogP contribution is -2.32. The van der Waals surface area contributed by atoms with Crippen LogP contribution in [0.4, 0.5) is 0 Å². The summed E-state index contributed by atoms with van der Waals surface area (Å²) in [6.45, 7) is 0. The molecule has 0 saturated carbocycles. The van der Waals surface area contributed by atoms with Crippen LogP contribution in [0.5, 0.6) is 0 Å². The van der Waals surface area contributed by atoms with Crippen LogP contribution in [0.25, 0.3) is 0 Å². The van der Waals surface area contributed by atoms with Gasteiger partial charge in [0.1, 0.15) is 12.2 Å². The van der Waals surface area contributed by atoms with Crippen molar-refractivity contribution in [3.8, 4) is 0 Å². The zero-order valence-corrected chi connectivity index (χ0v) is 5.95. The first-order valence-corrected chi connectivity index (χ1v) is 3.51. The van der Waals surface area contributed by atoms with E-state index < -0.39 is 36.7 Å². The average molecular weight is 176 g/mol. The second-order valence-electron chi connectivity index (χ2n) is 2.83. The lowest BCUT2D eigenvalue weighted by molar-refractivity contribution is -0.168. The van der Waals surface area contributed by atoms with Crippen molar-refractivity contribution in [1.29, 1.82) is 0 Å². The van der Waals surface area contributed by atoms with E-state index in [1.165, 1.54) is 0 Å². The summed E-state index contributed by atoms with van der Waals surface area (Å²) in [5, 5.41) is 27.2.